The molecule has 3 nitrogen and oxygen atoms in total. The first-order valence-electron chi connectivity index (χ1n) is 7.86. The van der Waals surface area contributed by atoms with Crippen molar-refractivity contribution in [3.05, 3.63) is 29.3 Å². The second-order valence-corrected chi connectivity index (χ2v) is 7.24. The molecule has 118 valence electrons. The molecule has 0 saturated carbocycles. The standard InChI is InChI=1S/C17H27NO2S/c1-13-6-5-7-14(2)17(13)20-12-15(19)10-18-11-16-8-3-4-9-21-16/h5-7,15-16,18-19H,3-4,8-12H2,1-2H3. The van der Waals surface area contributed by atoms with Gasteiger partial charge in [0.25, 0.3) is 0 Å². The molecule has 2 rings (SSSR count). The van der Waals surface area contributed by atoms with Crippen LogP contribution in [-0.4, -0.2) is 41.9 Å². The first-order chi connectivity index (χ1) is 10.2. The molecule has 1 aliphatic heterocycles. The summed E-state index contributed by atoms with van der Waals surface area (Å²) in [4.78, 5) is 0. The third-order valence-electron chi connectivity index (χ3n) is 3.85. The highest BCUT2D eigenvalue weighted by atomic mass is 32.2. The smallest absolute Gasteiger partial charge is 0.125 e. The Labute approximate surface area is 132 Å². The lowest BCUT2D eigenvalue weighted by Crippen LogP contribution is -2.35. The predicted octanol–water partition coefficient (Wildman–Crippen LogP) is 2.92. The molecular formula is C17H27NO2S. The summed E-state index contributed by atoms with van der Waals surface area (Å²) >= 11 is 2.05. The number of aliphatic hydroxyl groups excluding tert-OH is 1. The Morgan fingerprint density at radius 2 is 2.10 bits per heavy atom. The highest BCUT2D eigenvalue weighted by Gasteiger charge is 2.14. The van der Waals surface area contributed by atoms with E-state index in [2.05, 4.69) is 17.1 Å². The van der Waals surface area contributed by atoms with Crippen LogP contribution in [0.4, 0.5) is 0 Å². The summed E-state index contributed by atoms with van der Waals surface area (Å²) < 4.78 is 5.78. The minimum absolute atomic E-state index is 0.344. The molecule has 0 amide bonds. The van der Waals surface area contributed by atoms with Gasteiger partial charge in [-0.25, -0.2) is 0 Å². The van der Waals surface area contributed by atoms with Gasteiger partial charge in [0.2, 0.25) is 0 Å². The van der Waals surface area contributed by atoms with Crippen molar-refractivity contribution in [1.29, 1.82) is 0 Å². The summed E-state index contributed by atoms with van der Waals surface area (Å²) in [5.74, 6) is 2.18. The fraction of sp³-hybridized carbons (Fsp3) is 0.647. The molecule has 2 atom stereocenters. The van der Waals surface area contributed by atoms with E-state index in [1.807, 2.05) is 32.0 Å². The second kappa shape index (κ2) is 8.66. The zero-order valence-electron chi connectivity index (χ0n) is 13.1. The molecule has 1 aromatic rings. The number of hydrogen-bond donors (Lipinski definition) is 2. The van der Waals surface area contributed by atoms with Gasteiger partial charge in [-0.3, -0.25) is 0 Å². The minimum Gasteiger partial charge on any atom is -0.490 e. The number of aryl methyl sites for hydroxylation is 2. The van der Waals surface area contributed by atoms with E-state index >= 15 is 0 Å². The van der Waals surface area contributed by atoms with Crippen LogP contribution in [0.25, 0.3) is 0 Å². The summed E-state index contributed by atoms with van der Waals surface area (Å²) in [6.07, 6.45) is 3.54. The van der Waals surface area contributed by atoms with Crippen molar-refractivity contribution in [2.75, 3.05) is 25.4 Å². The van der Waals surface area contributed by atoms with Gasteiger partial charge in [0.1, 0.15) is 18.5 Å². The van der Waals surface area contributed by atoms with E-state index in [0.29, 0.717) is 18.4 Å². The molecule has 0 aromatic heterocycles. The van der Waals surface area contributed by atoms with E-state index in [1.54, 1.807) is 0 Å². The van der Waals surface area contributed by atoms with E-state index in [4.69, 9.17) is 4.74 Å². The molecule has 0 radical (unpaired) electrons. The molecular weight excluding hydrogens is 282 g/mol. The molecule has 0 aliphatic carbocycles. The van der Waals surface area contributed by atoms with Gasteiger partial charge in [0, 0.05) is 18.3 Å². The summed E-state index contributed by atoms with van der Waals surface area (Å²) in [7, 11) is 0. The average molecular weight is 309 g/mol. The quantitative estimate of drug-likeness (QED) is 0.812. The maximum Gasteiger partial charge on any atom is 0.125 e. The molecule has 1 fully saturated rings. The predicted molar refractivity (Wildman–Crippen MR) is 90.4 cm³/mol. The molecule has 1 aliphatic rings. The normalized spacial score (nSPS) is 20.2. The van der Waals surface area contributed by atoms with Gasteiger partial charge >= 0.3 is 0 Å². The Hall–Kier alpha value is -0.710. The van der Waals surface area contributed by atoms with E-state index in [-0.39, 0.29) is 0 Å². The Bertz CT molecular complexity index is 413. The lowest BCUT2D eigenvalue weighted by molar-refractivity contribution is 0.106. The van der Waals surface area contributed by atoms with Crippen LogP contribution in [0.5, 0.6) is 5.75 Å². The van der Waals surface area contributed by atoms with E-state index in [0.717, 1.165) is 23.4 Å². The number of aliphatic hydroxyl groups is 1. The largest absolute Gasteiger partial charge is 0.490 e. The first-order valence-corrected chi connectivity index (χ1v) is 8.91. The molecule has 0 spiro atoms. The number of thioether (sulfide) groups is 1. The maximum absolute atomic E-state index is 10.0. The Morgan fingerprint density at radius 1 is 1.33 bits per heavy atom. The molecule has 1 saturated heterocycles. The third-order valence-corrected chi connectivity index (χ3v) is 5.25. The Balaban J connectivity index is 1.66. The third kappa shape index (κ3) is 5.53. The van der Waals surface area contributed by atoms with E-state index in [1.165, 1.54) is 25.0 Å². The summed E-state index contributed by atoms with van der Waals surface area (Å²) in [5.41, 5.74) is 2.24. The zero-order chi connectivity index (χ0) is 15.1. The van der Waals surface area contributed by atoms with Crippen LogP contribution < -0.4 is 10.1 Å². The molecule has 21 heavy (non-hydrogen) atoms. The summed E-state index contributed by atoms with van der Waals surface area (Å²) in [6.45, 7) is 6.00. The lowest BCUT2D eigenvalue weighted by atomic mass is 10.1. The highest BCUT2D eigenvalue weighted by molar-refractivity contribution is 7.99. The molecule has 4 heteroatoms. The number of nitrogens with one attached hydrogen (secondary N) is 1. The highest BCUT2D eigenvalue weighted by Crippen LogP contribution is 2.24. The summed E-state index contributed by atoms with van der Waals surface area (Å²) in [5, 5.41) is 14.1. The van der Waals surface area contributed by atoms with Crippen molar-refractivity contribution in [2.24, 2.45) is 0 Å². The van der Waals surface area contributed by atoms with Crippen molar-refractivity contribution < 1.29 is 9.84 Å². The van der Waals surface area contributed by atoms with Crippen LogP contribution >= 0.6 is 11.8 Å². The van der Waals surface area contributed by atoms with Crippen LogP contribution in [0, 0.1) is 13.8 Å². The van der Waals surface area contributed by atoms with Gasteiger partial charge in [0.15, 0.2) is 0 Å². The monoisotopic (exact) mass is 309 g/mol. The van der Waals surface area contributed by atoms with Gasteiger partial charge in [-0.1, -0.05) is 24.6 Å². The SMILES string of the molecule is Cc1cccc(C)c1OCC(O)CNCC1CCCCS1. The fourth-order valence-corrected chi connectivity index (χ4v) is 3.92. The first kappa shape index (κ1) is 16.7. The van der Waals surface area contributed by atoms with Gasteiger partial charge in [-0.15, -0.1) is 0 Å². The van der Waals surface area contributed by atoms with E-state index in [9.17, 15) is 5.11 Å². The number of ether oxygens (including phenoxy) is 1. The van der Waals surface area contributed by atoms with Gasteiger partial charge in [-0.05, 0) is 43.6 Å². The van der Waals surface area contributed by atoms with Crippen LogP contribution in [0.15, 0.2) is 18.2 Å². The maximum atomic E-state index is 10.0. The van der Waals surface area contributed by atoms with Gasteiger partial charge < -0.3 is 15.2 Å². The van der Waals surface area contributed by atoms with Crippen molar-refractivity contribution in [1.82, 2.24) is 5.32 Å². The second-order valence-electron chi connectivity index (χ2n) is 5.83. The zero-order valence-corrected chi connectivity index (χ0v) is 13.9. The van der Waals surface area contributed by atoms with Crippen LogP contribution in [0.1, 0.15) is 30.4 Å². The van der Waals surface area contributed by atoms with E-state index < -0.39 is 6.10 Å². The molecule has 0 bridgehead atoms. The van der Waals surface area contributed by atoms with Gasteiger partial charge in [-0.2, -0.15) is 11.8 Å². The molecule has 2 unspecified atom stereocenters. The molecule has 1 heterocycles. The van der Waals surface area contributed by atoms with Crippen LogP contribution in [0.2, 0.25) is 0 Å². The van der Waals surface area contributed by atoms with Crippen molar-refractivity contribution in [3.8, 4) is 5.75 Å². The lowest BCUT2D eigenvalue weighted by Gasteiger charge is -2.22. The topological polar surface area (TPSA) is 41.5 Å². The molecule has 1 aromatic carbocycles. The number of rotatable bonds is 7. The van der Waals surface area contributed by atoms with Crippen molar-refractivity contribution in [2.45, 2.75) is 44.5 Å². The number of hydrogen-bond acceptors (Lipinski definition) is 4. The Morgan fingerprint density at radius 3 is 2.76 bits per heavy atom. The fourth-order valence-electron chi connectivity index (χ4n) is 2.64. The number of para-hydroxylation sites is 1. The minimum atomic E-state index is -0.461. The van der Waals surface area contributed by atoms with Crippen LogP contribution in [0.3, 0.4) is 0 Å². The number of benzene rings is 1. The average Bonchev–Trinajstić information content (AvgIpc) is 2.48. The summed E-state index contributed by atoms with van der Waals surface area (Å²) in [6, 6.07) is 6.10. The molecule has 2 N–H and O–H groups in total. The van der Waals surface area contributed by atoms with Gasteiger partial charge in [0.05, 0.1) is 0 Å². The van der Waals surface area contributed by atoms with Crippen molar-refractivity contribution in [3.63, 3.8) is 0 Å². The Kier molecular flexibility index (Phi) is 6.87. The van der Waals surface area contributed by atoms with Crippen molar-refractivity contribution >= 4 is 11.8 Å². The van der Waals surface area contributed by atoms with Crippen LogP contribution in [-0.2, 0) is 0 Å².